The Balaban J connectivity index is 2.62. The highest BCUT2D eigenvalue weighted by Gasteiger charge is 2.45. The van der Waals surface area contributed by atoms with E-state index in [0.717, 1.165) is 31.6 Å². The summed E-state index contributed by atoms with van der Waals surface area (Å²) in [5, 5.41) is 19.9. The zero-order valence-corrected chi connectivity index (χ0v) is 10.6. The molecule has 0 bridgehead atoms. The van der Waals surface area contributed by atoms with Crippen molar-refractivity contribution < 1.29 is 10.2 Å². The molecule has 90 valence electrons. The Labute approximate surface area is 93.7 Å². The van der Waals surface area contributed by atoms with E-state index in [-0.39, 0.29) is 12.0 Å². The largest absolute Gasteiger partial charge is 0.396 e. The van der Waals surface area contributed by atoms with E-state index in [0.29, 0.717) is 5.92 Å². The van der Waals surface area contributed by atoms with Crippen LogP contribution in [0.15, 0.2) is 0 Å². The molecule has 0 unspecified atom stereocenters. The lowest BCUT2D eigenvalue weighted by Crippen LogP contribution is -2.49. The molecule has 2 heteroatoms. The van der Waals surface area contributed by atoms with Crippen LogP contribution in [0.2, 0.25) is 0 Å². The van der Waals surface area contributed by atoms with Crippen LogP contribution in [0.3, 0.4) is 0 Å². The minimum Gasteiger partial charge on any atom is -0.396 e. The van der Waals surface area contributed by atoms with Gasteiger partial charge in [0.2, 0.25) is 0 Å². The van der Waals surface area contributed by atoms with Crippen molar-refractivity contribution in [2.45, 2.75) is 59.0 Å². The lowest BCUT2D eigenvalue weighted by molar-refractivity contribution is -0.122. The predicted molar refractivity (Wildman–Crippen MR) is 62.6 cm³/mol. The van der Waals surface area contributed by atoms with Gasteiger partial charge in [-0.15, -0.1) is 0 Å². The summed E-state index contributed by atoms with van der Waals surface area (Å²) >= 11 is 0. The highest BCUT2D eigenvalue weighted by Crippen LogP contribution is 2.45. The van der Waals surface area contributed by atoms with Crippen molar-refractivity contribution in [3.05, 3.63) is 0 Å². The second-order valence-corrected chi connectivity index (χ2v) is 6.16. The van der Waals surface area contributed by atoms with Crippen molar-refractivity contribution in [2.24, 2.45) is 17.3 Å². The summed E-state index contributed by atoms with van der Waals surface area (Å²) in [7, 11) is 0. The molecule has 15 heavy (non-hydrogen) atoms. The van der Waals surface area contributed by atoms with Gasteiger partial charge in [-0.1, -0.05) is 27.7 Å². The van der Waals surface area contributed by atoms with Crippen molar-refractivity contribution in [3.8, 4) is 0 Å². The third-order valence-corrected chi connectivity index (χ3v) is 4.46. The molecular weight excluding hydrogens is 188 g/mol. The normalized spacial score (nSPS) is 33.4. The van der Waals surface area contributed by atoms with Crippen LogP contribution in [-0.4, -0.2) is 22.4 Å². The lowest BCUT2D eigenvalue weighted by Gasteiger charge is -2.46. The fourth-order valence-electron chi connectivity index (χ4n) is 2.61. The summed E-state index contributed by atoms with van der Waals surface area (Å²) in [5.41, 5.74) is -1.03. The quantitative estimate of drug-likeness (QED) is 0.758. The van der Waals surface area contributed by atoms with Crippen LogP contribution in [0.25, 0.3) is 0 Å². The first-order chi connectivity index (χ1) is 6.82. The van der Waals surface area contributed by atoms with Crippen molar-refractivity contribution >= 4 is 0 Å². The topological polar surface area (TPSA) is 40.5 Å². The summed E-state index contributed by atoms with van der Waals surface area (Å²) in [6, 6.07) is 0. The van der Waals surface area contributed by atoms with Crippen LogP contribution in [0.1, 0.15) is 53.4 Å². The molecule has 1 rings (SSSR count). The predicted octanol–water partition coefficient (Wildman–Crippen LogP) is 2.58. The van der Waals surface area contributed by atoms with Gasteiger partial charge in [-0.3, -0.25) is 0 Å². The molecule has 2 N–H and O–H groups in total. The Morgan fingerprint density at radius 1 is 1.27 bits per heavy atom. The van der Waals surface area contributed by atoms with Crippen molar-refractivity contribution in [1.29, 1.82) is 0 Å². The summed E-state index contributed by atoms with van der Waals surface area (Å²) in [5.74, 6) is 1.46. The standard InChI is InChI=1S/C13H26O2/c1-10(2)11-5-7-13(15,8-6-11)12(3,4)9-14/h10-11,14-15H,5-9H2,1-4H3. The molecule has 0 spiro atoms. The lowest BCUT2D eigenvalue weighted by atomic mass is 9.64. The molecule has 1 aliphatic rings. The van der Waals surface area contributed by atoms with E-state index in [4.69, 9.17) is 0 Å². The second kappa shape index (κ2) is 4.42. The summed E-state index contributed by atoms with van der Waals surface area (Å²) in [6.45, 7) is 8.50. The van der Waals surface area contributed by atoms with E-state index in [1.165, 1.54) is 0 Å². The number of aliphatic hydroxyl groups is 2. The molecule has 0 radical (unpaired) electrons. The zero-order chi connectivity index (χ0) is 11.7. The van der Waals surface area contributed by atoms with Gasteiger partial charge in [0, 0.05) is 5.41 Å². The van der Waals surface area contributed by atoms with Crippen molar-refractivity contribution in [1.82, 2.24) is 0 Å². The van der Waals surface area contributed by atoms with Gasteiger partial charge in [0.05, 0.1) is 12.2 Å². The number of aliphatic hydroxyl groups excluding tert-OH is 1. The van der Waals surface area contributed by atoms with Crippen LogP contribution in [-0.2, 0) is 0 Å². The monoisotopic (exact) mass is 214 g/mol. The Bertz CT molecular complexity index is 201. The van der Waals surface area contributed by atoms with Gasteiger partial charge in [-0.05, 0) is 37.5 Å². The van der Waals surface area contributed by atoms with Gasteiger partial charge in [0.15, 0.2) is 0 Å². The van der Waals surface area contributed by atoms with Crippen molar-refractivity contribution in [2.75, 3.05) is 6.61 Å². The molecule has 1 fully saturated rings. The summed E-state index contributed by atoms with van der Waals surface area (Å²) in [4.78, 5) is 0. The maximum Gasteiger partial charge on any atom is 0.0720 e. The summed E-state index contributed by atoms with van der Waals surface area (Å²) in [6.07, 6.45) is 3.86. The van der Waals surface area contributed by atoms with Crippen LogP contribution in [0.5, 0.6) is 0 Å². The number of rotatable bonds is 3. The SMILES string of the molecule is CC(C)C1CCC(O)(C(C)(C)CO)CC1. The van der Waals surface area contributed by atoms with Gasteiger partial charge in [-0.2, -0.15) is 0 Å². The van der Waals surface area contributed by atoms with Crippen molar-refractivity contribution in [3.63, 3.8) is 0 Å². The molecule has 0 amide bonds. The van der Waals surface area contributed by atoms with Crippen LogP contribution in [0, 0.1) is 17.3 Å². The van der Waals surface area contributed by atoms with E-state index in [2.05, 4.69) is 13.8 Å². The minimum absolute atomic E-state index is 0.0653. The van der Waals surface area contributed by atoms with Gasteiger partial charge >= 0.3 is 0 Å². The molecule has 0 aromatic rings. The fourth-order valence-corrected chi connectivity index (χ4v) is 2.61. The van der Waals surface area contributed by atoms with E-state index in [9.17, 15) is 10.2 Å². The maximum atomic E-state index is 10.5. The smallest absolute Gasteiger partial charge is 0.0720 e. The van der Waals surface area contributed by atoms with Crippen LogP contribution >= 0.6 is 0 Å². The zero-order valence-electron chi connectivity index (χ0n) is 10.6. The Hall–Kier alpha value is -0.0800. The Morgan fingerprint density at radius 3 is 2.07 bits per heavy atom. The maximum absolute atomic E-state index is 10.5. The van der Waals surface area contributed by atoms with Gasteiger partial charge in [-0.25, -0.2) is 0 Å². The Morgan fingerprint density at radius 2 is 1.73 bits per heavy atom. The Kier molecular flexibility index (Phi) is 3.83. The van der Waals surface area contributed by atoms with E-state index >= 15 is 0 Å². The second-order valence-electron chi connectivity index (χ2n) is 6.16. The van der Waals surface area contributed by atoms with E-state index < -0.39 is 5.60 Å². The van der Waals surface area contributed by atoms with E-state index in [1.54, 1.807) is 0 Å². The molecule has 0 aromatic carbocycles. The average Bonchev–Trinajstić information content (AvgIpc) is 2.18. The highest BCUT2D eigenvalue weighted by molar-refractivity contribution is 4.96. The minimum atomic E-state index is -0.660. The summed E-state index contributed by atoms with van der Waals surface area (Å²) < 4.78 is 0. The third kappa shape index (κ3) is 2.54. The molecule has 0 aromatic heterocycles. The van der Waals surface area contributed by atoms with Gasteiger partial charge < -0.3 is 10.2 Å². The number of hydrogen-bond acceptors (Lipinski definition) is 2. The van der Waals surface area contributed by atoms with Gasteiger partial charge in [0.25, 0.3) is 0 Å². The molecule has 0 aliphatic heterocycles. The number of hydrogen-bond donors (Lipinski definition) is 2. The molecule has 2 nitrogen and oxygen atoms in total. The molecule has 0 atom stereocenters. The molecule has 0 saturated heterocycles. The first-order valence-electron chi connectivity index (χ1n) is 6.16. The first kappa shape index (κ1) is 13.0. The average molecular weight is 214 g/mol. The molecule has 1 aliphatic carbocycles. The fraction of sp³-hybridized carbons (Fsp3) is 1.00. The van der Waals surface area contributed by atoms with Crippen LogP contribution in [0.4, 0.5) is 0 Å². The molecule has 0 heterocycles. The first-order valence-corrected chi connectivity index (χ1v) is 6.16. The van der Waals surface area contributed by atoms with Gasteiger partial charge in [0.1, 0.15) is 0 Å². The molecular formula is C13H26O2. The molecule has 1 saturated carbocycles. The van der Waals surface area contributed by atoms with Crippen LogP contribution < -0.4 is 0 Å². The van der Waals surface area contributed by atoms with E-state index in [1.807, 2.05) is 13.8 Å². The third-order valence-electron chi connectivity index (χ3n) is 4.46. The highest BCUT2D eigenvalue weighted by atomic mass is 16.3.